The van der Waals surface area contributed by atoms with E-state index in [1.54, 1.807) is 7.11 Å². The summed E-state index contributed by atoms with van der Waals surface area (Å²) >= 11 is 0. The van der Waals surface area contributed by atoms with Crippen LogP contribution in [0.1, 0.15) is 43.2 Å². The van der Waals surface area contributed by atoms with Gasteiger partial charge in [-0.1, -0.05) is 0 Å². The third-order valence-corrected chi connectivity index (χ3v) is 8.75. The number of fused-ring (bicyclic) bond motifs is 1. The zero-order valence-corrected chi connectivity index (χ0v) is 24.5. The molecule has 1 aromatic heterocycles. The first-order valence-electron chi connectivity index (χ1n) is 15.0. The molecule has 0 radical (unpaired) electrons. The van der Waals surface area contributed by atoms with Gasteiger partial charge < -0.3 is 19.3 Å². The number of hydrogen-bond acceptors (Lipinski definition) is 7. The highest BCUT2D eigenvalue weighted by Crippen LogP contribution is 2.33. The molecule has 2 unspecified atom stereocenters. The molecule has 2 aromatic carbocycles. The lowest BCUT2D eigenvalue weighted by molar-refractivity contribution is -0.135. The largest absolute Gasteiger partial charge is 0.497 e. The van der Waals surface area contributed by atoms with Crippen molar-refractivity contribution in [1.29, 1.82) is 0 Å². The van der Waals surface area contributed by atoms with Crippen LogP contribution in [0.5, 0.6) is 5.75 Å². The number of amides is 1. The SMILES string of the molecule is COc1ccc2ncc(N3CCOCC3)c(CCCC3CC(C(=O)NO)CCN3CCCc3cc(F)c(F)c(F)c3)c2c1. The Morgan fingerprint density at radius 2 is 1.86 bits per heavy atom. The fraction of sp³-hybridized carbons (Fsp3) is 0.500. The van der Waals surface area contributed by atoms with Gasteiger partial charge in [0.25, 0.3) is 0 Å². The average Bonchev–Trinajstić information content (AvgIpc) is 3.03. The van der Waals surface area contributed by atoms with Gasteiger partial charge in [-0.2, -0.15) is 0 Å². The molecule has 11 heteroatoms. The van der Waals surface area contributed by atoms with Crippen molar-refractivity contribution >= 4 is 22.5 Å². The highest BCUT2D eigenvalue weighted by atomic mass is 19.2. The van der Waals surface area contributed by atoms with E-state index in [0.29, 0.717) is 57.6 Å². The van der Waals surface area contributed by atoms with Crippen LogP contribution in [0, 0.1) is 23.4 Å². The number of carbonyl (C=O) groups excluding carboxylic acids is 1. The predicted octanol–water partition coefficient (Wildman–Crippen LogP) is 5.04. The van der Waals surface area contributed by atoms with E-state index in [0.717, 1.165) is 66.8 Å². The Bertz CT molecular complexity index is 1400. The van der Waals surface area contributed by atoms with Crippen LogP contribution in [0.25, 0.3) is 10.9 Å². The third-order valence-electron chi connectivity index (χ3n) is 8.75. The van der Waals surface area contributed by atoms with Gasteiger partial charge in [0.2, 0.25) is 5.91 Å². The molecule has 8 nitrogen and oxygen atoms in total. The lowest BCUT2D eigenvalue weighted by atomic mass is 9.87. The summed E-state index contributed by atoms with van der Waals surface area (Å²) in [6.07, 6.45) is 6.69. The number of piperidine rings is 1. The van der Waals surface area contributed by atoms with Gasteiger partial charge >= 0.3 is 0 Å². The fourth-order valence-electron chi connectivity index (χ4n) is 6.46. The first-order valence-corrected chi connectivity index (χ1v) is 15.0. The van der Waals surface area contributed by atoms with Crippen molar-refractivity contribution in [3.63, 3.8) is 0 Å². The summed E-state index contributed by atoms with van der Waals surface area (Å²) in [6, 6.07) is 8.11. The Hall–Kier alpha value is -3.41. The normalized spacial score (nSPS) is 19.5. The Morgan fingerprint density at radius 3 is 2.58 bits per heavy atom. The highest BCUT2D eigenvalue weighted by Gasteiger charge is 2.32. The number of pyridine rings is 1. The van der Waals surface area contributed by atoms with E-state index in [2.05, 4.69) is 9.80 Å². The van der Waals surface area contributed by atoms with E-state index < -0.39 is 17.5 Å². The minimum Gasteiger partial charge on any atom is -0.497 e. The van der Waals surface area contributed by atoms with E-state index in [-0.39, 0.29) is 17.9 Å². The smallest absolute Gasteiger partial charge is 0.246 e. The second kappa shape index (κ2) is 14.4. The number of hydrogen-bond donors (Lipinski definition) is 2. The quantitative estimate of drug-likeness (QED) is 0.181. The molecule has 2 aliphatic rings. The van der Waals surface area contributed by atoms with Gasteiger partial charge in [-0.3, -0.25) is 15.0 Å². The number of rotatable bonds is 11. The van der Waals surface area contributed by atoms with Crippen molar-refractivity contribution in [3.05, 3.63) is 65.1 Å². The molecule has 0 spiro atoms. The number of likely N-dealkylation sites (tertiary alicyclic amines) is 1. The van der Waals surface area contributed by atoms with Gasteiger partial charge in [0.05, 0.1) is 37.7 Å². The molecular weight excluding hydrogens is 561 g/mol. The maximum Gasteiger partial charge on any atom is 0.246 e. The van der Waals surface area contributed by atoms with Crippen LogP contribution < -0.4 is 15.1 Å². The molecule has 232 valence electrons. The number of ether oxygens (including phenoxy) is 2. The van der Waals surface area contributed by atoms with E-state index in [9.17, 15) is 23.2 Å². The summed E-state index contributed by atoms with van der Waals surface area (Å²) in [4.78, 5) is 21.7. The average molecular weight is 601 g/mol. The van der Waals surface area contributed by atoms with Gasteiger partial charge in [-0.25, -0.2) is 18.7 Å². The van der Waals surface area contributed by atoms with Crippen molar-refractivity contribution in [2.75, 3.05) is 51.4 Å². The zero-order valence-electron chi connectivity index (χ0n) is 24.5. The summed E-state index contributed by atoms with van der Waals surface area (Å²) in [6.45, 7) is 4.26. The maximum atomic E-state index is 13.7. The molecule has 2 aliphatic heterocycles. The molecule has 1 amide bonds. The standard InChI is InChI=1S/C32H39F3N4O4/c1-42-24-7-8-29-26(19-24)25(30(20-36-29)39-12-14-43-15-13-39)6-2-5-23-18-22(32(40)37-41)9-11-38(23)10-3-4-21-16-27(33)31(35)28(34)17-21/h7-8,16-17,19-20,22-23,41H,2-6,9-15,18H2,1H3,(H,37,40). The molecule has 2 fully saturated rings. The number of hydroxylamine groups is 1. The lowest BCUT2D eigenvalue weighted by Crippen LogP contribution is -2.46. The summed E-state index contributed by atoms with van der Waals surface area (Å²) in [5.74, 6) is -3.70. The second-order valence-corrected chi connectivity index (χ2v) is 11.4. The van der Waals surface area contributed by atoms with Crippen molar-refractivity contribution in [1.82, 2.24) is 15.4 Å². The van der Waals surface area contributed by atoms with Crippen LogP contribution in [0.3, 0.4) is 0 Å². The number of methoxy groups -OCH3 is 1. The van der Waals surface area contributed by atoms with Crippen molar-refractivity contribution in [3.8, 4) is 5.75 Å². The van der Waals surface area contributed by atoms with Crippen LogP contribution in [0.4, 0.5) is 18.9 Å². The van der Waals surface area contributed by atoms with Crippen LogP contribution in [-0.2, 0) is 22.4 Å². The summed E-state index contributed by atoms with van der Waals surface area (Å²) in [5.41, 5.74) is 5.44. The van der Waals surface area contributed by atoms with Crippen LogP contribution in [-0.4, -0.2) is 73.5 Å². The first kappa shape index (κ1) is 31.0. The number of morpholine rings is 1. The molecule has 0 bridgehead atoms. The topological polar surface area (TPSA) is 87.2 Å². The van der Waals surface area contributed by atoms with E-state index in [1.165, 1.54) is 5.56 Å². The second-order valence-electron chi connectivity index (χ2n) is 11.4. The van der Waals surface area contributed by atoms with Crippen molar-refractivity contribution < 1.29 is 32.6 Å². The molecule has 43 heavy (non-hydrogen) atoms. The number of halogens is 3. The lowest BCUT2D eigenvalue weighted by Gasteiger charge is -2.39. The molecule has 0 saturated carbocycles. The zero-order chi connectivity index (χ0) is 30.3. The summed E-state index contributed by atoms with van der Waals surface area (Å²) in [7, 11) is 1.65. The Morgan fingerprint density at radius 1 is 1.09 bits per heavy atom. The van der Waals surface area contributed by atoms with Crippen molar-refractivity contribution in [2.45, 2.75) is 51.0 Å². The Labute approximate surface area is 249 Å². The molecule has 3 heterocycles. The minimum atomic E-state index is -1.45. The van der Waals surface area contributed by atoms with Crippen molar-refractivity contribution in [2.24, 2.45) is 5.92 Å². The van der Waals surface area contributed by atoms with Gasteiger partial charge in [-0.05, 0) is 99.5 Å². The predicted molar refractivity (Wildman–Crippen MR) is 157 cm³/mol. The molecule has 2 saturated heterocycles. The fourth-order valence-corrected chi connectivity index (χ4v) is 6.46. The number of anilines is 1. The van der Waals surface area contributed by atoms with E-state index in [1.807, 2.05) is 29.9 Å². The van der Waals surface area contributed by atoms with Crippen LogP contribution in [0.15, 0.2) is 36.5 Å². The Kier molecular flexibility index (Phi) is 10.4. The molecule has 0 aliphatic carbocycles. The highest BCUT2D eigenvalue weighted by molar-refractivity contribution is 5.88. The number of nitrogens with one attached hydrogen (secondary N) is 1. The summed E-state index contributed by atoms with van der Waals surface area (Å²) in [5, 5.41) is 10.3. The van der Waals surface area contributed by atoms with E-state index >= 15 is 0 Å². The molecule has 2 atom stereocenters. The number of benzene rings is 2. The van der Waals surface area contributed by atoms with Gasteiger partial charge in [0.15, 0.2) is 17.5 Å². The summed E-state index contributed by atoms with van der Waals surface area (Å²) < 4.78 is 51.9. The van der Waals surface area contributed by atoms with Gasteiger partial charge in [0, 0.05) is 30.4 Å². The monoisotopic (exact) mass is 600 g/mol. The van der Waals surface area contributed by atoms with Gasteiger partial charge in [-0.15, -0.1) is 0 Å². The minimum absolute atomic E-state index is 0.0900. The molecule has 3 aromatic rings. The third kappa shape index (κ3) is 7.39. The number of aromatic nitrogens is 1. The molecule has 5 rings (SSSR count). The van der Waals surface area contributed by atoms with Gasteiger partial charge in [0.1, 0.15) is 5.75 Å². The number of aryl methyl sites for hydroxylation is 2. The number of nitrogens with zero attached hydrogens (tertiary/aromatic N) is 3. The molecule has 2 N–H and O–H groups in total. The first-order chi connectivity index (χ1) is 20.9. The van der Waals surface area contributed by atoms with Crippen LogP contribution >= 0.6 is 0 Å². The van der Waals surface area contributed by atoms with Crippen LogP contribution in [0.2, 0.25) is 0 Å². The Balaban J connectivity index is 1.30. The number of carbonyl (C=O) groups is 1. The molecular formula is C32H39F3N4O4. The van der Waals surface area contributed by atoms with E-state index in [4.69, 9.17) is 14.5 Å². The maximum absolute atomic E-state index is 13.7.